The Morgan fingerprint density at radius 2 is 1.87 bits per heavy atom. The van der Waals surface area contributed by atoms with Gasteiger partial charge in [-0.15, -0.1) is 16.4 Å². The lowest BCUT2D eigenvalue weighted by Gasteiger charge is -2.20. The first kappa shape index (κ1) is 20.7. The van der Waals surface area contributed by atoms with E-state index in [9.17, 15) is 9.59 Å². The third-order valence-electron chi connectivity index (χ3n) is 4.65. The molecular weight excluding hydrogens is 414 g/mol. The molecule has 0 aliphatic rings. The highest BCUT2D eigenvalue weighted by Gasteiger charge is 2.24. The van der Waals surface area contributed by atoms with E-state index < -0.39 is 12.1 Å². The minimum Gasteiger partial charge on any atom is -0.448 e. The number of benzene rings is 2. The Kier molecular flexibility index (Phi) is 6.03. The highest BCUT2D eigenvalue weighted by molar-refractivity contribution is 7.18. The van der Waals surface area contributed by atoms with Crippen molar-refractivity contribution >= 4 is 33.4 Å². The van der Waals surface area contributed by atoms with Crippen LogP contribution in [0.4, 0.5) is 0 Å². The predicted octanol–water partition coefficient (Wildman–Crippen LogP) is 3.14. The van der Waals surface area contributed by atoms with Gasteiger partial charge in [-0.2, -0.15) is 0 Å². The largest absolute Gasteiger partial charge is 0.448 e. The van der Waals surface area contributed by atoms with Crippen LogP contribution >= 0.6 is 11.3 Å². The zero-order chi connectivity index (χ0) is 21.8. The van der Waals surface area contributed by atoms with Crippen molar-refractivity contribution in [2.75, 3.05) is 7.05 Å². The number of carbonyl (C=O) groups excluding carboxylic acids is 2. The van der Waals surface area contributed by atoms with Crippen molar-refractivity contribution < 1.29 is 14.3 Å². The van der Waals surface area contributed by atoms with E-state index in [1.807, 2.05) is 54.6 Å². The van der Waals surface area contributed by atoms with Crippen LogP contribution in [0.5, 0.6) is 0 Å². The first-order valence-corrected chi connectivity index (χ1v) is 10.6. The zero-order valence-electron chi connectivity index (χ0n) is 17.1. The Labute approximate surface area is 183 Å². The van der Waals surface area contributed by atoms with Crippen LogP contribution < -0.4 is 0 Å². The second kappa shape index (κ2) is 9.05. The molecular formula is C22H21N5O3S. The molecule has 31 heavy (non-hydrogen) atoms. The minimum absolute atomic E-state index is 0.0596. The molecule has 0 aliphatic heterocycles. The SMILES string of the molecule is CC(OC(=O)c1cn(Cc2ccccc2)nn1)C(=O)N(C)Cc1nc2ccccc2s1. The number of hydrogen-bond donors (Lipinski definition) is 0. The summed E-state index contributed by atoms with van der Waals surface area (Å²) in [4.78, 5) is 31.1. The minimum atomic E-state index is -0.953. The summed E-state index contributed by atoms with van der Waals surface area (Å²) in [6.07, 6.45) is 0.559. The first-order valence-electron chi connectivity index (χ1n) is 9.74. The molecule has 0 spiro atoms. The van der Waals surface area contributed by atoms with Crippen molar-refractivity contribution in [1.82, 2.24) is 24.9 Å². The molecule has 8 nitrogen and oxygen atoms in total. The second-order valence-electron chi connectivity index (χ2n) is 7.10. The molecule has 0 saturated carbocycles. The topological polar surface area (TPSA) is 90.2 Å². The van der Waals surface area contributed by atoms with Gasteiger partial charge in [0.15, 0.2) is 11.8 Å². The second-order valence-corrected chi connectivity index (χ2v) is 8.22. The molecule has 0 aliphatic carbocycles. The van der Waals surface area contributed by atoms with Crippen LogP contribution in [0.25, 0.3) is 10.2 Å². The molecule has 2 aromatic heterocycles. The maximum atomic E-state index is 12.7. The van der Waals surface area contributed by atoms with E-state index in [4.69, 9.17) is 4.74 Å². The van der Waals surface area contributed by atoms with Crippen molar-refractivity contribution in [2.45, 2.75) is 26.1 Å². The number of carbonyl (C=O) groups is 2. The van der Waals surface area contributed by atoms with Gasteiger partial charge in [0.2, 0.25) is 0 Å². The first-order chi connectivity index (χ1) is 15.0. The molecule has 4 aromatic rings. The molecule has 0 N–H and O–H groups in total. The summed E-state index contributed by atoms with van der Waals surface area (Å²) >= 11 is 1.54. The van der Waals surface area contributed by atoms with Gasteiger partial charge in [-0.25, -0.2) is 14.5 Å². The summed E-state index contributed by atoms with van der Waals surface area (Å²) in [6.45, 7) is 2.37. The third-order valence-corrected chi connectivity index (χ3v) is 5.67. The number of aromatic nitrogens is 4. The monoisotopic (exact) mass is 435 g/mol. The molecule has 4 rings (SSSR count). The van der Waals surface area contributed by atoms with E-state index in [2.05, 4.69) is 15.3 Å². The molecule has 0 saturated heterocycles. The number of fused-ring (bicyclic) bond motifs is 1. The van der Waals surface area contributed by atoms with Crippen molar-refractivity contribution in [3.05, 3.63) is 77.1 Å². The Hall–Kier alpha value is -3.59. The summed E-state index contributed by atoms with van der Waals surface area (Å²) in [6, 6.07) is 17.5. The van der Waals surface area contributed by atoms with Crippen LogP contribution in [0, 0.1) is 0 Å². The molecule has 2 aromatic carbocycles. The molecule has 1 unspecified atom stereocenters. The van der Waals surface area contributed by atoms with Gasteiger partial charge in [-0.3, -0.25) is 4.79 Å². The van der Waals surface area contributed by atoms with Crippen molar-refractivity contribution in [3.63, 3.8) is 0 Å². The smallest absolute Gasteiger partial charge is 0.361 e. The molecule has 9 heteroatoms. The van der Waals surface area contributed by atoms with E-state index >= 15 is 0 Å². The standard InChI is InChI=1S/C22H21N5O3S/c1-15(21(28)26(2)14-20-23-17-10-6-7-11-19(17)31-20)30-22(29)18-13-27(25-24-18)12-16-8-4-3-5-9-16/h3-11,13,15H,12,14H2,1-2H3. The van der Waals surface area contributed by atoms with Crippen molar-refractivity contribution in [2.24, 2.45) is 0 Å². The van der Waals surface area contributed by atoms with Gasteiger partial charge in [-0.1, -0.05) is 47.7 Å². The number of ether oxygens (including phenoxy) is 1. The highest BCUT2D eigenvalue weighted by atomic mass is 32.1. The number of esters is 1. The molecule has 0 radical (unpaired) electrons. The van der Waals surface area contributed by atoms with Crippen LogP contribution in [0.15, 0.2) is 60.8 Å². The molecule has 0 fully saturated rings. The van der Waals surface area contributed by atoms with E-state index in [-0.39, 0.29) is 11.6 Å². The predicted molar refractivity (Wildman–Crippen MR) is 117 cm³/mol. The summed E-state index contributed by atoms with van der Waals surface area (Å²) in [5, 5.41) is 8.65. The van der Waals surface area contributed by atoms with Crippen LogP contribution in [0.2, 0.25) is 0 Å². The quantitative estimate of drug-likeness (QED) is 0.414. The Morgan fingerprint density at radius 1 is 1.13 bits per heavy atom. The van der Waals surface area contributed by atoms with Gasteiger partial charge in [0.1, 0.15) is 5.01 Å². The number of amides is 1. The molecule has 0 bridgehead atoms. The Morgan fingerprint density at radius 3 is 2.65 bits per heavy atom. The number of thiazole rings is 1. The fourth-order valence-corrected chi connectivity index (χ4v) is 4.11. The summed E-state index contributed by atoms with van der Waals surface area (Å²) in [5.74, 6) is -1.00. The van der Waals surface area contributed by atoms with Gasteiger partial charge in [0.25, 0.3) is 5.91 Å². The van der Waals surface area contributed by atoms with E-state index in [1.165, 1.54) is 22.4 Å². The van der Waals surface area contributed by atoms with Crippen LogP contribution in [-0.2, 0) is 22.6 Å². The van der Waals surface area contributed by atoms with E-state index in [0.29, 0.717) is 13.1 Å². The van der Waals surface area contributed by atoms with Crippen LogP contribution in [0.1, 0.15) is 28.0 Å². The van der Waals surface area contributed by atoms with Crippen molar-refractivity contribution in [1.29, 1.82) is 0 Å². The number of rotatable bonds is 7. The zero-order valence-corrected chi connectivity index (χ0v) is 18.0. The van der Waals surface area contributed by atoms with Crippen molar-refractivity contribution in [3.8, 4) is 0 Å². The molecule has 158 valence electrons. The molecule has 1 atom stereocenters. The van der Waals surface area contributed by atoms with E-state index in [0.717, 1.165) is 20.8 Å². The van der Waals surface area contributed by atoms with Gasteiger partial charge in [-0.05, 0) is 24.6 Å². The third kappa shape index (κ3) is 4.95. The number of para-hydroxylation sites is 1. The van der Waals surface area contributed by atoms with E-state index in [1.54, 1.807) is 18.7 Å². The van der Waals surface area contributed by atoms with Crippen LogP contribution in [0.3, 0.4) is 0 Å². The average Bonchev–Trinajstić information content (AvgIpc) is 3.40. The normalized spacial score (nSPS) is 11.9. The highest BCUT2D eigenvalue weighted by Crippen LogP contribution is 2.22. The number of likely N-dealkylation sites (N-methyl/N-ethyl adjacent to an activating group) is 1. The summed E-state index contributed by atoms with van der Waals surface area (Å²) in [7, 11) is 1.66. The Bertz CT molecular complexity index is 1170. The number of nitrogens with zero attached hydrogens (tertiary/aromatic N) is 5. The van der Waals surface area contributed by atoms with Gasteiger partial charge in [0.05, 0.1) is 29.5 Å². The molecule has 1 amide bonds. The van der Waals surface area contributed by atoms with Crippen LogP contribution in [-0.4, -0.2) is 49.9 Å². The fraction of sp³-hybridized carbons (Fsp3) is 0.227. The maximum Gasteiger partial charge on any atom is 0.361 e. The average molecular weight is 436 g/mol. The van der Waals surface area contributed by atoms with Gasteiger partial charge < -0.3 is 9.64 Å². The lowest BCUT2D eigenvalue weighted by atomic mass is 10.2. The summed E-state index contributed by atoms with van der Waals surface area (Å²) in [5.41, 5.74) is 2.00. The fourth-order valence-electron chi connectivity index (χ4n) is 3.09. The number of hydrogen-bond acceptors (Lipinski definition) is 7. The van der Waals surface area contributed by atoms with Gasteiger partial charge >= 0.3 is 5.97 Å². The lowest BCUT2D eigenvalue weighted by Crippen LogP contribution is -2.37. The van der Waals surface area contributed by atoms with Gasteiger partial charge in [0, 0.05) is 7.05 Å². The maximum absolute atomic E-state index is 12.7. The lowest BCUT2D eigenvalue weighted by molar-refractivity contribution is -0.139. The Balaban J connectivity index is 1.34. The molecule has 2 heterocycles. The summed E-state index contributed by atoms with van der Waals surface area (Å²) < 4.78 is 7.94.